The molecule has 2 N–H and O–H groups in total. The number of amides is 1. The maximum atomic E-state index is 12.4. The zero-order valence-electron chi connectivity index (χ0n) is 13.3. The van der Waals surface area contributed by atoms with E-state index in [4.69, 9.17) is 0 Å². The molecule has 0 spiro atoms. The first-order valence-corrected chi connectivity index (χ1v) is 7.65. The Morgan fingerprint density at radius 3 is 2.83 bits per heavy atom. The molecule has 23 heavy (non-hydrogen) atoms. The van der Waals surface area contributed by atoms with Crippen molar-refractivity contribution in [3.8, 4) is 0 Å². The van der Waals surface area contributed by atoms with Crippen LogP contribution in [-0.4, -0.2) is 42.7 Å². The summed E-state index contributed by atoms with van der Waals surface area (Å²) in [5.41, 5.74) is 1.71. The first kappa shape index (κ1) is 17.7. The smallest absolute Gasteiger partial charge is 0.326 e. The summed E-state index contributed by atoms with van der Waals surface area (Å²) < 4.78 is 37.2. The number of likely N-dealkylation sites (tertiary alicyclic amines) is 1. The zero-order valence-corrected chi connectivity index (χ0v) is 13.3. The van der Waals surface area contributed by atoms with Crippen LogP contribution in [0.5, 0.6) is 0 Å². The summed E-state index contributed by atoms with van der Waals surface area (Å²) in [5, 5.41) is 6.10. The van der Waals surface area contributed by atoms with Gasteiger partial charge in [-0.25, -0.2) is 0 Å². The van der Waals surface area contributed by atoms with E-state index in [0.717, 1.165) is 5.56 Å². The van der Waals surface area contributed by atoms with Gasteiger partial charge < -0.3 is 10.6 Å². The number of hydrogen-bond acceptors (Lipinski definition) is 3. The molecule has 1 aromatic rings. The maximum Gasteiger partial charge on any atom is 0.401 e. The predicted molar refractivity (Wildman–Crippen MR) is 83.2 cm³/mol. The molecular formula is C16H22F3N3O. The first-order valence-electron chi connectivity index (χ1n) is 7.65. The van der Waals surface area contributed by atoms with Crippen LogP contribution in [0.4, 0.5) is 18.9 Å². The average molecular weight is 329 g/mol. The molecule has 2 rings (SSSR count). The third-order valence-electron chi connectivity index (χ3n) is 3.87. The molecule has 1 saturated heterocycles. The maximum absolute atomic E-state index is 12.4. The molecule has 0 aromatic heterocycles. The van der Waals surface area contributed by atoms with Gasteiger partial charge in [-0.3, -0.25) is 9.69 Å². The molecule has 128 valence electrons. The Morgan fingerprint density at radius 1 is 1.43 bits per heavy atom. The van der Waals surface area contributed by atoms with E-state index in [9.17, 15) is 18.0 Å². The third kappa shape index (κ3) is 5.84. The van der Waals surface area contributed by atoms with Crippen molar-refractivity contribution in [2.24, 2.45) is 0 Å². The van der Waals surface area contributed by atoms with Gasteiger partial charge in [0, 0.05) is 37.8 Å². The molecule has 0 radical (unpaired) electrons. The normalized spacial score (nSPS) is 20.5. The van der Waals surface area contributed by atoms with Crippen molar-refractivity contribution in [3.63, 3.8) is 0 Å². The van der Waals surface area contributed by atoms with E-state index in [1.165, 1.54) is 11.8 Å². The molecule has 1 aromatic carbocycles. The lowest BCUT2D eigenvalue weighted by Crippen LogP contribution is -2.37. The van der Waals surface area contributed by atoms with Crippen molar-refractivity contribution in [1.82, 2.24) is 10.2 Å². The van der Waals surface area contributed by atoms with E-state index in [1.807, 2.05) is 25.1 Å². The van der Waals surface area contributed by atoms with Gasteiger partial charge in [0.15, 0.2) is 0 Å². The highest BCUT2D eigenvalue weighted by Gasteiger charge is 2.34. The Morgan fingerprint density at radius 2 is 2.17 bits per heavy atom. The van der Waals surface area contributed by atoms with Gasteiger partial charge in [-0.15, -0.1) is 0 Å². The van der Waals surface area contributed by atoms with Crippen molar-refractivity contribution >= 4 is 11.6 Å². The average Bonchev–Trinajstić information content (AvgIpc) is 2.83. The van der Waals surface area contributed by atoms with Gasteiger partial charge in [0.2, 0.25) is 5.91 Å². The van der Waals surface area contributed by atoms with Gasteiger partial charge in [0.1, 0.15) is 0 Å². The second-order valence-corrected chi connectivity index (χ2v) is 6.03. The molecule has 1 amide bonds. The highest BCUT2D eigenvalue weighted by Crippen LogP contribution is 2.22. The summed E-state index contributed by atoms with van der Waals surface area (Å²) >= 11 is 0. The predicted octanol–water partition coefficient (Wildman–Crippen LogP) is 2.93. The van der Waals surface area contributed by atoms with Crippen molar-refractivity contribution in [2.45, 2.75) is 38.5 Å². The standard InChI is InChI=1S/C16H22F3N3O/c1-11(13-4-3-5-14(8-13)21-12(2)23)20-15-6-7-22(9-15)10-16(17,18)19/h3-5,8,11,15,20H,6-7,9-10H2,1-2H3,(H,21,23). The fourth-order valence-electron chi connectivity index (χ4n) is 2.90. The zero-order chi connectivity index (χ0) is 17.0. The Hall–Kier alpha value is -1.60. The van der Waals surface area contributed by atoms with Crippen LogP contribution < -0.4 is 10.6 Å². The van der Waals surface area contributed by atoms with Crippen LogP contribution in [-0.2, 0) is 4.79 Å². The number of carbonyl (C=O) groups excluding carboxylic acids is 1. The van der Waals surface area contributed by atoms with Crippen LogP contribution in [0.3, 0.4) is 0 Å². The number of nitrogens with one attached hydrogen (secondary N) is 2. The van der Waals surface area contributed by atoms with Crippen molar-refractivity contribution in [2.75, 3.05) is 25.0 Å². The van der Waals surface area contributed by atoms with Gasteiger partial charge in [0.25, 0.3) is 0 Å². The first-order chi connectivity index (χ1) is 10.7. The van der Waals surface area contributed by atoms with Gasteiger partial charge in [-0.1, -0.05) is 12.1 Å². The molecule has 0 saturated carbocycles. The Balaban J connectivity index is 1.90. The minimum absolute atomic E-state index is 0.000421. The van der Waals surface area contributed by atoms with Gasteiger partial charge in [-0.2, -0.15) is 13.2 Å². The third-order valence-corrected chi connectivity index (χ3v) is 3.87. The Kier molecular flexibility index (Phi) is 5.64. The second kappa shape index (κ2) is 7.31. The largest absolute Gasteiger partial charge is 0.401 e. The molecule has 0 aliphatic carbocycles. The molecule has 7 heteroatoms. The second-order valence-electron chi connectivity index (χ2n) is 6.03. The van der Waals surface area contributed by atoms with Crippen LogP contribution in [0.1, 0.15) is 31.9 Å². The molecule has 1 fully saturated rings. The minimum atomic E-state index is -4.15. The van der Waals surface area contributed by atoms with Crippen LogP contribution in [0.2, 0.25) is 0 Å². The Labute approximate surface area is 134 Å². The molecular weight excluding hydrogens is 307 g/mol. The van der Waals surface area contributed by atoms with E-state index < -0.39 is 12.7 Å². The molecule has 1 heterocycles. The lowest BCUT2D eigenvalue weighted by Gasteiger charge is -2.22. The molecule has 2 unspecified atom stereocenters. The topological polar surface area (TPSA) is 44.4 Å². The lowest BCUT2D eigenvalue weighted by atomic mass is 10.1. The van der Waals surface area contributed by atoms with Crippen molar-refractivity contribution in [1.29, 1.82) is 0 Å². The summed E-state index contributed by atoms with van der Waals surface area (Å²) in [6.45, 7) is 3.42. The molecule has 1 aliphatic rings. The van der Waals surface area contributed by atoms with Gasteiger partial charge >= 0.3 is 6.18 Å². The van der Waals surface area contributed by atoms with E-state index in [2.05, 4.69) is 10.6 Å². The number of hydrogen-bond donors (Lipinski definition) is 2. The number of nitrogens with zero attached hydrogens (tertiary/aromatic N) is 1. The van der Waals surface area contributed by atoms with Crippen molar-refractivity contribution in [3.05, 3.63) is 29.8 Å². The lowest BCUT2D eigenvalue weighted by molar-refractivity contribution is -0.143. The quantitative estimate of drug-likeness (QED) is 0.873. The molecule has 2 atom stereocenters. The fraction of sp³-hybridized carbons (Fsp3) is 0.562. The highest BCUT2D eigenvalue weighted by molar-refractivity contribution is 5.88. The minimum Gasteiger partial charge on any atom is -0.326 e. The summed E-state index contributed by atoms with van der Waals surface area (Å²) in [5.74, 6) is -0.138. The van der Waals surface area contributed by atoms with E-state index >= 15 is 0 Å². The van der Waals surface area contributed by atoms with Crippen LogP contribution >= 0.6 is 0 Å². The van der Waals surface area contributed by atoms with Crippen LogP contribution in [0.25, 0.3) is 0 Å². The molecule has 4 nitrogen and oxygen atoms in total. The van der Waals surface area contributed by atoms with Gasteiger partial charge in [0.05, 0.1) is 6.54 Å². The summed E-state index contributed by atoms with van der Waals surface area (Å²) in [6.07, 6.45) is -3.45. The summed E-state index contributed by atoms with van der Waals surface area (Å²) in [4.78, 5) is 12.5. The fourth-order valence-corrected chi connectivity index (χ4v) is 2.90. The monoisotopic (exact) mass is 329 g/mol. The van der Waals surface area contributed by atoms with E-state index in [-0.39, 0.29) is 18.0 Å². The number of alkyl halides is 3. The van der Waals surface area contributed by atoms with E-state index in [0.29, 0.717) is 25.2 Å². The molecule has 0 bridgehead atoms. The van der Waals surface area contributed by atoms with Gasteiger partial charge in [-0.05, 0) is 31.0 Å². The Bertz CT molecular complexity index is 548. The molecule has 1 aliphatic heterocycles. The van der Waals surface area contributed by atoms with Crippen molar-refractivity contribution < 1.29 is 18.0 Å². The summed E-state index contributed by atoms with van der Waals surface area (Å²) in [7, 11) is 0. The summed E-state index contributed by atoms with van der Waals surface area (Å²) in [6, 6.07) is 7.51. The number of halogens is 3. The van der Waals surface area contributed by atoms with Crippen LogP contribution in [0, 0.1) is 0 Å². The number of rotatable bonds is 5. The van der Waals surface area contributed by atoms with Crippen LogP contribution in [0.15, 0.2) is 24.3 Å². The highest BCUT2D eigenvalue weighted by atomic mass is 19.4. The number of anilines is 1. The SMILES string of the molecule is CC(=O)Nc1cccc(C(C)NC2CCN(CC(F)(F)F)C2)c1. The van der Waals surface area contributed by atoms with E-state index in [1.54, 1.807) is 6.07 Å². The number of carbonyl (C=O) groups is 1. The number of benzene rings is 1.